The first-order valence-electron chi connectivity index (χ1n) is 6.66. The number of benzene rings is 1. The van der Waals surface area contributed by atoms with Crippen molar-refractivity contribution in [2.45, 2.75) is 31.1 Å². The second-order valence-corrected chi connectivity index (χ2v) is 6.51. The highest BCUT2D eigenvalue weighted by atomic mass is 35.5. The summed E-state index contributed by atoms with van der Waals surface area (Å²) < 4.78 is 5.18. The van der Waals surface area contributed by atoms with E-state index in [4.69, 9.17) is 27.9 Å². The summed E-state index contributed by atoms with van der Waals surface area (Å²) in [5.41, 5.74) is 1.14. The fourth-order valence-corrected chi connectivity index (χ4v) is 4.46. The number of hydrogen-bond donors (Lipinski definition) is 0. The molecular formula is C15H18Cl2O. The van der Waals surface area contributed by atoms with Gasteiger partial charge in [-0.05, 0) is 54.7 Å². The van der Waals surface area contributed by atoms with E-state index in [9.17, 15) is 0 Å². The van der Waals surface area contributed by atoms with Crippen molar-refractivity contribution in [3.63, 3.8) is 0 Å². The molecule has 98 valence electrons. The summed E-state index contributed by atoms with van der Waals surface area (Å²) in [5, 5.41) is 0.757. The molecule has 0 spiro atoms. The van der Waals surface area contributed by atoms with Gasteiger partial charge in [0, 0.05) is 0 Å². The van der Waals surface area contributed by atoms with E-state index in [0.29, 0.717) is 10.9 Å². The lowest BCUT2D eigenvalue weighted by molar-refractivity contribution is 0.323. The smallest absolute Gasteiger partial charge is 0.137 e. The molecule has 0 aromatic heterocycles. The predicted molar refractivity (Wildman–Crippen MR) is 75.5 cm³/mol. The second kappa shape index (κ2) is 4.94. The lowest BCUT2D eigenvalue weighted by Crippen LogP contribution is -2.15. The summed E-state index contributed by atoms with van der Waals surface area (Å²) in [6.45, 7) is 0. The molecule has 1 aromatic rings. The van der Waals surface area contributed by atoms with E-state index in [1.165, 1.54) is 25.7 Å². The van der Waals surface area contributed by atoms with Gasteiger partial charge in [0.25, 0.3) is 0 Å². The van der Waals surface area contributed by atoms with Gasteiger partial charge in [-0.15, -0.1) is 11.6 Å². The van der Waals surface area contributed by atoms with Gasteiger partial charge >= 0.3 is 0 Å². The van der Waals surface area contributed by atoms with Gasteiger partial charge in [-0.3, -0.25) is 0 Å². The molecule has 1 aromatic carbocycles. The number of halogens is 2. The van der Waals surface area contributed by atoms with Gasteiger partial charge in [-0.1, -0.05) is 24.1 Å². The number of alkyl halides is 1. The van der Waals surface area contributed by atoms with Crippen LogP contribution in [0.1, 0.15) is 36.6 Å². The lowest BCUT2D eigenvalue weighted by Gasteiger charge is -2.26. The molecule has 0 heterocycles. The first-order chi connectivity index (χ1) is 8.69. The summed E-state index contributed by atoms with van der Waals surface area (Å²) >= 11 is 12.9. The fraction of sp³-hybridized carbons (Fsp3) is 0.600. The van der Waals surface area contributed by atoms with Gasteiger partial charge in [0.1, 0.15) is 5.75 Å². The van der Waals surface area contributed by atoms with Crippen LogP contribution in [0, 0.1) is 17.8 Å². The molecule has 0 radical (unpaired) electrons. The Hall–Kier alpha value is -0.400. The molecule has 0 N–H and O–H groups in total. The third-order valence-electron chi connectivity index (χ3n) is 4.66. The van der Waals surface area contributed by atoms with E-state index in [0.717, 1.165) is 23.1 Å². The largest absolute Gasteiger partial charge is 0.495 e. The Balaban J connectivity index is 1.80. The van der Waals surface area contributed by atoms with Crippen LogP contribution in [-0.2, 0) is 0 Å². The van der Waals surface area contributed by atoms with Crippen molar-refractivity contribution in [3.05, 3.63) is 28.8 Å². The van der Waals surface area contributed by atoms with Crippen LogP contribution in [0.25, 0.3) is 0 Å². The zero-order valence-electron chi connectivity index (χ0n) is 10.5. The maximum Gasteiger partial charge on any atom is 0.137 e. The Morgan fingerprint density at radius 3 is 2.67 bits per heavy atom. The Bertz CT molecular complexity index is 446. The standard InChI is InChI=1S/C15H18Cl2O/c1-18-14-5-4-11(8-13(14)16)15(17)12-7-9-2-3-10(12)6-9/h4-5,8-10,12,15H,2-3,6-7H2,1H3. The zero-order valence-corrected chi connectivity index (χ0v) is 12.0. The van der Waals surface area contributed by atoms with Crippen molar-refractivity contribution in [1.29, 1.82) is 0 Å². The molecule has 2 fully saturated rings. The number of hydrogen-bond acceptors (Lipinski definition) is 1. The molecule has 2 bridgehead atoms. The number of ether oxygens (including phenoxy) is 1. The molecule has 2 aliphatic carbocycles. The van der Waals surface area contributed by atoms with Crippen LogP contribution in [0.2, 0.25) is 5.02 Å². The topological polar surface area (TPSA) is 9.23 Å². The van der Waals surface area contributed by atoms with E-state index in [1.807, 2.05) is 18.2 Å². The lowest BCUT2D eigenvalue weighted by atomic mass is 9.84. The summed E-state index contributed by atoms with van der Waals surface area (Å²) in [5.74, 6) is 3.11. The predicted octanol–water partition coefficient (Wildman–Crippen LogP) is 5.06. The van der Waals surface area contributed by atoms with E-state index in [2.05, 4.69) is 0 Å². The van der Waals surface area contributed by atoms with Gasteiger partial charge in [-0.2, -0.15) is 0 Å². The quantitative estimate of drug-likeness (QED) is 0.705. The minimum atomic E-state index is 0.101. The third-order valence-corrected chi connectivity index (χ3v) is 5.53. The molecular weight excluding hydrogens is 267 g/mol. The average molecular weight is 285 g/mol. The monoisotopic (exact) mass is 284 g/mol. The highest BCUT2D eigenvalue weighted by Crippen LogP contribution is 2.54. The molecule has 2 saturated carbocycles. The zero-order chi connectivity index (χ0) is 12.7. The normalized spacial score (nSPS) is 31.6. The number of fused-ring (bicyclic) bond motifs is 2. The highest BCUT2D eigenvalue weighted by Gasteiger charge is 2.42. The molecule has 2 aliphatic rings. The van der Waals surface area contributed by atoms with Gasteiger partial charge in [0.15, 0.2) is 0 Å². The van der Waals surface area contributed by atoms with E-state index >= 15 is 0 Å². The highest BCUT2D eigenvalue weighted by molar-refractivity contribution is 6.32. The molecule has 4 atom stereocenters. The van der Waals surface area contributed by atoms with E-state index in [-0.39, 0.29) is 5.38 Å². The van der Waals surface area contributed by atoms with E-state index < -0.39 is 0 Å². The molecule has 0 saturated heterocycles. The first kappa shape index (κ1) is 12.6. The Morgan fingerprint density at radius 2 is 2.11 bits per heavy atom. The SMILES string of the molecule is COc1ccc(C(Cl)C2CC3CCC2C3)cc1Cl. The van der Waals surface area contributed by atoms with Crippen LogP contribution in [-0.4, -0.2) is 7.11 Å². The van der Waals surface area contributed by atoms with Crippen molar-refractivity contribution < 1.29 is 4.74 Å². The van der Waals surface area contributed by atoms with Crippen molar-refractivity contribution in [1.82, 2.24) is 0 Å². The maximum absolute atomic E-state index is 6.67. The van der Waals surface area contributed by atoms with Gasteiger partial charge in [-0.25, -0.2) is 0 Å². The van der Waals surface area contributed by atoms with Crippen molar-refractivity contribution in [2.24, 2.45) is 17.8 Å². The number of rotatable bonds is 3. The molecule has 18 heavy (non-hydrogen) atoms. The van der Waals surface area contributed by atoms with Crippen LogP contribution in [0.15, 0.2) is 18.2 Å². The van der Waals surface area contributed by atoms with Crippen LogP contribution < -0.4 is 4.74 Å². The summed E-state index contributed by atoms with van der Waals surface area (Å²) in [4.78, 5) is 0. The van der Waals surface area contributed by atoms with Crippen molar-refractivity contribution in [3.8, 4) is 5.75 Å². The summed E-state index contributed by atoms with van der Waals surface area (Å²) in [7, 11) is 1.63. The van der Waals surface area contributed by atoms with Crippen LogP contribution in [0.5, 0.6) is 5.75 Å². The Morgan fingerprint density at radius 1 is 1.28 bits per heavy atom. The van der Waals surface area contributed by atoms with Crippen LogP contribution in [0.4, 0.5) is 0 Å². The molecule has 4 unspecified atom stereocenters. The van der Waals surface area contributed by atoms with Crippen LogP contribution in [0.3, 0.4) is 0 Å². The average Bonchev–Trinajstić information content (AvgIpc) is 3.00. The Kier molecular flexibility index (Phi) is 3.46. The van der Waals surface area contributed by atoms with Gasteiger partial charge in [0.05, 0.1) is 17.5 Å². The minimum absolute atomic E-state index is 0.101. The maximum atomic E-state index is 6.67. The molecule has 1 nitrogen and oxygen atoms in total. The first-order valence-corrected chi connectivity index (χ1v) is 7.48. The van der Waals surface area contributed by atoms with Crippen molar-refractivity contribution >= 4 is 23.2 Å². The van der Waals surface area contributed by atoms with E-state index in [1.54, 1.807) is 7.11 Å². The molecule has 0 aliphatic heterocycles. The van der Waals surface area contributed by atoms with Crippen LogP contribution >= 0.6 is 23.2 Å². The molecule has 3 heteroatoms. The second-order valence-electron chi connectivity index (χ2n) is 5.63. The summed E-state index contributed by atoms with van der Waals surface area (Å²) in [6.07, 6.45) is 5.46. The minimum Gasteiger partial charge on any atom is -0.495 e. The van der Waals surface area contributed by atoms with Crippen molar-refractivity contribution in [2.75, 3.05) is 7.11 Å². The third kappa shape index (κ3) is 2.12. The molecule has 3 rings (SSSR count). The molecule has 0 amide bonds. The Labute approximate surface area is 118 Å². The summed E-state index contributed by atoms with van der Waals surface area (Å²) in [6, 6.07) is 5.93. The van der Waals surface area contributed by atoms with Gasteiger partial charge in [0.2, 0.25) is 0 Å². The van der Waals surface area contributed by atoms with Gasteiger partial charge < -0.3 is 4.74 Å². The number of methoxy groups -OCH3 is 1. The fourth-order valence-electron chi connectivity index (χ4n) is 3.75.